The smallest absolute Gasteiger partial charge is 0.165 e. The van der Waals surface area contributed by atoms with E-state index in [-0.39, 0.29) is 12.4 Å². The van der Waals surface area contributed by atoms with Crippen molar-refractivity contribution in [3.05, 3.63) is 65.0 Å². The molecular formula is C16H14FNO2. The zero-order chi connectivity index (χ0) is 14.5. The van der Waals surface area contributed by atoms with E-state index >= 15 is 0 Å². The molecule has 4 heteroatoms. The molecule has 102 valence electrons. The lowest BCUT2D eigenvalue weighted by atomic mass is 10.1. The molecule has 1 N–H and O–H groups in total. The van der Waals surface area contributed by atoms with Gasteiger partial charge < -0.3 is 9.84 Å². The van der Waals surface area contributed by atoms with Gasteiger partial charge in [0, 0.05) is 0 Å². The molecule has 0 aromatic heterocycles. The molecule has 0 fully saturated rings. The molecule has 1 unspecified atom stereocenters. The van der Waals surface area contributed by atoms with Crippen molar-refractivity contribution in [2.45, 2.75) is 19.6 Å². The fourth-order valence-electron chi connectivity index (χ4n) is 1.73. The van der Waals surface area contributed by atoms with Crippen LogP contribution >= 0.6 is 0 Å². The molecule has 0 spiro atoms. The first-order valence-corrected chi connectivity index (χ1v) is 6.19. The third-order valence-electron chi connectivity index (χ3n) is 2.92. The monoisotopic (exact) mass is 271 g/mol. The van der Waals surface area contributed by atoms with Crippen molar-refractivity contribution in [3.63, 3.8) is 0 Å². The number of rotatable bonds is 4. The van der Waals surface area contributed by atoms with E-state index in [4.69, 9.17) is 10.00 Å². The van der Waals surface area contributed by atoms with E-state index < -0.39 is 11.9 Å². The molecule has 1 atom stereocenters. The Bertz CT molecular complexity index is 630. The summed E-state index contributed by atoms with van der Waals surface area (Å²) in [5, 5.41) is 18.1. The van der Waals surface area contributed by atoms with Crippen LogP contribution in [0.25, 0.3) is 0 Å². The maximum absolute atomic E-state index is 13.8. The Kier molecular flexibility index (Phi) is 4.34. The van der Waals surface area contributed by atoms with E-state index in [1.807, 2.05) is 6.07 Å². The van der Waals surface area contributed by atoms with Crippen LogP contribution in [-0.2, 0) is 6.61 Å². The Balaban J connectivity index is 2.05. The van der Waals surface area contributed by atoms with E-state index in [9.17, 15) is 9.50 Å². The molecule has 2 aromatic carbocycles. The topological polar surface area (TPSA) is 53.2 Å². The van der Waals surface area contributed by atoms with Crippen molar-refractivity contribution >= 4 is 0 Å². The number of nitriles is 1. The zero-order valence-corrected chi connectivity index (χ0v) is 11.0. The summed E-state index contributed by atoms with van der Waals surface area (Å²) in [4.78, 5) is 0. The second kappa shape index (κ2) is 6.18. The van der Waals surface area contributed by atoms with Crippen LogP contribution in [-0.4, -0.2) is 5.11 Å². The van der Waals surface area contributed by atoms with Crippen molar-refractivity contribution in [1.82, 2.24) is 0 Å². The van der Waals surface area contributed by atoms with E-state index in [0.29, 0.717) is 11.1 Å². The Morgan fingerprint density at radius 3 is 2.50 bits per heavy atom. The van der Waals surface area contributed by atoms with Crippen molar-refractivity contribution < 1.29 is 14.2 Å². The van der Waals surface area contributed by atoms with Gasteiger partial charge in [-0.25, -0.2) is 4.39 Å². The molecular weight excluding hydrogens is 257 g/mol. The second-order valence-corrected chi connectivity index (χ2v) is 4.46. The molecule has 0 aliphatic heterocycles. The minimum Gasteiger partial charge on any atom is -0.486 e. The van der Waals surface area contributed by atoms with E-state index in [1.54, 1.807) is 37.3 Å². The van der Waals surface area contributed by atoms with Gasteiger partial charge in [-0.1, -0.05) is 18.2 Å². The van der Waals surface area contributed by atoms with Crippen LogP contribution in [0.5, 0.6) is 5.75 Å². The first kappa shape index (κ1) is 14.0. The van der Waals surface area contributed by atoms with Crippen molar-refractivity contribution in [1.29, 1.82) is 5.26 Å². The fourth-order valence-corrected chi connectivity index (χ4v) is 1.73. The van der Waals surface area contributed by atoms with Crippen LogP contribution < -0.4 is 4.74 Å². The number of hydrogen-bond donors (Lipinski definition) is 1. The Morgan fingerprint density at radius 2 is 1.95 bits per heavy atom. The normalized spacial score (nSPS) is 11.7. The van der Waals surface area contributed by atoms with Crippen LogP contribution in [0.15, 0.2) is 42.5 Å². The molecule has 2 rings (SSSR count). The fraction of sp³-hybridized carbons (Fsp3) is 0.188. The number of ether oxygens (including phenoxy) is 1. The Hall–Kier alpha value is -2.38. The third-order valence-corrected chi connectivity index (χ3v) is 2.92. The standard InChI is InChI=1S/C16H14FNO2/c1-11(19)14-6-7-16(15(17)8-14)20-10-13-4-2-12(9-18)3-5-13/h2-8,11,19H,10H2,1H3. The highest BCUT2D eigenvalue weighted by Gasteiger charge is 2.08. The van der Waals surface area contributed by atoms with Gasteiger partial charge >= 0.3 is 0 Å². The highest BCUT2D eigenvalue weighted by atomic mass is 19.1. The molecule has 0 aliphatic carbocycles. The molecule has 0 heterocycles. The predicted octanol–water partition coefficient (Wildman–Crippen LogP) is 3.33. The first-order chi connectivity index (χ1) is 9.60. The molecule has 20 heavy (non-hydrogen) atoms. The Morgan fingerprint density at radius 1 is 1.25 bits per heavy atom. The van der Waals surface area contributed by atoms with Gasteiger partial charge in [0.25, 0.3) is 0 Å². The van der Waals surface area contributed by atoms with Gasteiger partial charge in [0.15, 0.2) is 11.6 Å². The minimum atomic E-state index is -0.711. The van der Waals surface area contributed by atoms with Gasteiger partial charge in [-0.2, -0.15) is 5.26 Å². The molecule has 0 saturated heterocycles. The summed E-state index contributed by atoms with van der Waals surface area (Å²) < 4.78 is 19.1. The summed E-state index contributed by atoms with van der Waals surface area (Å²) in [6, 6.07) is 13.3. The Labute approximate surface area is 116 Å². The molecule has 0 bridgehead atoms. The summed E-state index contributed by atoms with van der Waals surface area (Å²) in [6.07, 6.45) is -0.711. The van der Waals surface area contributed by atoms with Crippen LogP contribution in [0.2, 0.25) is 0 Å². The van der Waals surface area contributed by atoms with Gasteiger partial charge in [-0.15, -0.1) is 0 Å². The number of aliphatic hydroxyl groups is 1. The molecule has 0 amide bonds. The SMILES string of the molecule is CC(O)c1ccc(OCc2ccc(C#N)cc2)c(F)c1. The number of halogens is 1. The minimum absolute atomic E-state index is 0.138. The molecule has 3 nitrogen and oxygen atoms in total. The van der Waals surface area contributed by atoms with Crippen molar-refractivity contribution in [2.24, 2.45) is 0 Å². The summed E-state index contributed by atoms with van der Waals surface area (Å²) in [5.41, 5.74) is 1.93. The summed E-state index contributed by atoms with van der Waals surface area (Å²) in [6.45, 7) is 1.79. The van der Waals surface area contributed by atoms with Crippen LogP contribution in [0.3, 0.4) is 0 Å². The van der Waals surface area contributed by atoms with Gasteiger partial charge in [0.2, 0.25) is 0 Å². The van der Waals surface area contributed by atoms with Gasteiger partial charge in [-0.05, 0) is 42.3 Å². The molecule has 2 aromatic rings. The maximum atomic E-state index is 13.8. The highest BCUT2D eigenvalue weighted by Crippen LogP contribution is 2.22. The zero-order valence-electron chi connectivity index (χ0n) is 11.0. The lowest BCUT2D eigenvalue weighted by molar-refractivity contribution is 0.198. The summed E-state index contributed by atoms with van der Waals surface area (Å²) in [5.74, 6) is -0.365. The third kappa shape index (κ3) is 3.34. The van der Waals surface area contributed by atoms with Crippen LogP contribution in [0, 0.1) is 17.1 Å². The number of nitrogens with zero attached hydrogens (tertiary/aromatic N) is 1. The highest BCUT2D eigenvalue weighted by molar-refractivity contribution is 5.33. The number of hydrogen-bond acceptors (Lipinski definition) is 3. The molecule has 0 aliphatic rings. The van der Waals surface area contributed by atoms with Crippen LogP contribution in [0.4, 0.5) is 4.39 Å². The molecule has 0 saturated carbocycles. The quantitative estimate of drug-likeness (QED) is 0.928. The number of aliphatic hydroxyl groups excluding tert-OH is 1. The number of benzene rings is 2. The lowest BCUT2D eigenvalue weighted by Gasteiger charge is -2.10. The largest absolute Gasteiger partial charge is 0.486 e. The van der Waals surface area contributed by atoms with E-state index in [2.05, 4.69) is 0 Å². The van der Waals surface area contributed by atoms with Gasteiger partial charge in [-0.3, -0.25) is 0 Å². The first-order valence-electron chi connectivity index (χ1n) is 6.19. The van der Waals surface area contributed by atoms with E-state index in [1.165, 1.54) is 12.1 Å². The van der Waals surface area contributed by atoms with Crippen molar-refractivity contribution in [3.8, 4) is 11.8 Å². The van der Waals surface area contributed by atoms with Gasteiger partial charge in [0.1, 0.15) is 6.61 Å². The lowest BCUT2D eigenvalue weighted by Crippen LogP contribution is -1.99. The second-order valence-electron chi connectivity index (χ2n) is 4.46. The summed E-state index contributed by atoms with van der Waals surface area (Å²) in [7, 11) is 0. The average molecular weight is 271 g/mol. The summed E-state index contributed by atoms with van der Waals surface area (Å²) >= 11 is 0. The van der Waals surface area contributed by atoms with E-state index in [0.717, 1.165) is 5.56 Å². The predicted molar refractivity (Wildman–Crippen MR) is 72.5 cm³/mol. The van der Waals surface area contributed by atoms with Crippen LogP contribution in [0.1, 0.15) is 29.7 Å². The maximum Gasteiger partial charge on any atom is 0.165 e. The van der Waals surface area contributed by atoms with Gasteiger partial charge in [0.05, 0.1) is 17.7 Å². The van der Waals surface area contributed by atoms with Crippen molar-refractivity contribution in [2.75, 3.05) is 0 Å². The molecule has 0 radical (unpaired) electrons. The average Bonchev–Trinajstić information content (AvgIpc) is 2.46.